The number of hydrogen-bond acceptors (Lipinski definition) is 3. The molecule has 2 heterocycles. The highest BCUT2D eigenvalue weighted by atomic mass is 16.1. The number of H-pyrrole nitrogens is 2. The second-order valence-corrected chi connectivity index (χ2v) is 1.83. The SMILES string of the molecule is O=c1[nH]cnc2n[13cH][15nH]c12. The van der Waals surface area contributed by atoms with Crippen LogP contribution < -0.4 is 5.56 Å². The van der Waals surface area contributed by atoms with E-state index in [0.29, 0.717) is 11.2 Å². The van der Waals surface area contributed by atoms with E-state index in [-0.39, 0.29) is 5.56 Å². The van der Waals surface area contributed by atoms with Gasteiger partial charge in [-0.1, -0.05) is 0 Å². The van der Waals surface area contributed by atoms with Crippen molar-refractivity contribution >= 4 is 11.2 Å². The average molecular weight is 138 g/mol. The van der Waals surface area contributed by atoms with E-state index in [2.05, 4.69) is 19.9 Å². The zero-order valence-electron chi connectivity index (χ0n) is 4.96. The molecule has 0 amide bonds. The molecule has 0 aliphatic rings. The number of rotatable bonds is 0. The fraction of sp³-hybridized carbons (Fsp3) is 0. The Hall–Kier alpha value is -1.65. The third kappa shape index (κ3) is 0.540. The Kier molecular flexibility index (Phi) is 0.858. The van der Waals surface area contributed by atoms with Gasteiger partial charge in [0.25, 0.3) is 5.56 Å². The first-order chi connectivity index (χ1) is 4.88. The molecule has 0 radical (unpaired) electrons. The van der Waals surface area contributed by atoms with Crippen LogP contribution in [0.3, 0.4) is 0 Å². The number of aromatic nitrogens is 4. The maximum Gasteiger partial charge on any atom is 0.276 e. The van der Waals surface area contributed by atoms with Crippen molar-refractivity contribution in [2.24, 2.45) is 0 Å². The molecule has 5 nitrogen and oxygen atoms in total. The highest BCUT2D eigenvalue weighted by Gasteiger charge is 1.97. The molecule has 2 rings (SSSR count). The van der Waals surface area contributed by atoms with Gasteiger partial charge in [-0.3, -0.25) is 4.79 Å². The molecule has 0 aliphatic heterocycles. The van der Waals surface area contributed by atoms with Gasteiger partial charge in [-0.05, 0) is 0 Å². The molecule has 0 bridgehead atoms. The van der Waals surface area contributed by atoms with Gasteiger partial charge in [0.2, 0.25) is 0 Å². The second kappa shape index (κ2) is 1.66. The highest BCUT2D eigenvalue weighted by Crippen LogP contribution is 1.94. The number of nitrogens with one attached hydrogen (secondary N) is 2. The minimum Gasteiger partial charge on any atom is -0.339 e. The molecule has 0 saturated heterocycles. The Labute approximate surface area is 55.1 Å². The van der Waals surface area contributed by atoms with Crippen molar-refractivity contribution in [2.75, 3.05) is 0 Å². The molecular weight excluding hydrogens is 134 g/mol. The summed E-state index contributed by atoms with van der Waals surface area (Å²) in [5, 5.41) is 0. The maximum atomic E-state index is 10.9. The monoisotopic (exact) mass is 138 g/mol. The van der Waals surface area contributed by atoms with E-state index in [4.69, 9.17) is 0 Å². The first-order valence-electron chi connectivity index (χ1n) is 2.75. The van der Waals surface area contributed by atoms with Crippen LogP contribution in [-0.2, 0) is 0 Å². The molecule has 0 unspecified atom stereocenters. The van der Waals surface area contributed by atoms with Crippen LogP contribution in [-0.4, -0.2) is 19.9 Å². The molecule has 0 aromatic carbocycles. The third-order valence-electron chi connectivity index (χ3n) is 1.23. The number of nitrogens with zero attached hydrogens (tertiary/aromatic N) is 2. The molecular formula is C5H4N4O. The van der Waals surface area contributed by atoms with Crippen LogP contribution in [0.1, 0.15) is 0 Å². The molecule has 0 spiro atoms. The van der Waals surface area contributed by atoms with Crippen LogP contribution in [0, 0.1) is 0 Å². The van der Waals surface area contributed by atoms with Crippen LogP contribution in [0.2, 0.25) is 0 Å². The molecule has 0 aliphatic carbocycles. The summed E-state index contributed by atoms with van der Waals surface area (Å²) in [5.41, 5.74) is 0.675. The lowest BCUT2D eigenvalue weighted by Crippen LogP contribution is -2.05. The fourth-order valence-electron chi connectivity index (χ4n) is 0.776. The summed E-state index contributed by atoms with van der Waals surface area (Å²) in [5.74, 6) is 0. The summed E-state index contributed by atoms with van der Waals surface area (Å²) >= 11 is 0. The summed E-state index contributed by atoms with van der Waals surface area (Å²) in [6.07, 6.45) is 2.76. The minimum atomic E-state index is -0.192. The van der Waals surface area contributed by atoms with E-state index in [9.17, 15) is 4.79 Å². The number of hydrogen-bond donors (Lipinski definition) is 2. The van der Waals surface area contributed by atoms with E-state index in [1.807, 2.05) is 0 Å². The van der Waals surface area contributed by atoms with Gasteiger partial charge < -0.3 is 9.97 Å². The Balaban J connectivity index is 3.09. The van der Waals surface area contributed by atoms with Crippen LogP contribution in [0.5, 0.6) is 0 Å². The zero-order chi connectivity index (χ0) is 6.97. The van der Waals surface area contributed by atoms with Gasteiger partial charge in [0.05, 0.1) is 12.7 Å². The summed E-state index contributed by atoms with van der Waals surface area (Å²) < 4.78 is 0. The van der Waals surface area contributed by atoms with E-state index < -0.39 is 0 Å². The van der Waals surface area contributed by atoms with Crippen molar-refractivity contribution < 1.29 is 0 Å². The van der Waals surface area contributed by atoms with Crippen molar-refractivity contribution in [3.05, 3.63) is 23.0 Å². The van der Waals surface area contributed by atoms with Gasteiger partial charge in [0.15, 0.2) is 11.2 Å². The first kappa shape index (κ1) is 5.16. The lowest BCUT2D eigenvalue weighted by atomic mass is 10.6. The molecule has 50 valence electrons. The topological polar surface area (TPSA) is 74.4 Å². The first-order valence-corrected chi connectivity index (χ1v) is 2.75. The standard InChI is InChI=1S/C5H4N4O/c10-5-3-4(7-1-6-3)8-2-9-5/h1-2H,(H2,6,7,8,9,10)/i1+1,6+1. The summed E-state index contributed by atoms with van der Waals surface area (Å²) in [4.78, 5) is 23.6. The quantitative estimate of drug-likeness (QED) is 0.522. The molecule has 2 N–H and O–H groups in total. The molecule has 5 heteroatoms. The van der Waals surface area contributed by atoms with E-state index >= 15 is 0 Å². The van der Waals surface area contributed by atoms with E-state index in [1.165, 1.54) is 12.7 Å². The number of imidazole rings is 1. The van der Waals surface area contributed by atoms with Gasteiger partial charge in [-0.15, -0.1) is 0 Å². The van der Waals surface area contributed by atoms with Gasteiger partial charge in [0.1, 0.15) is 0 Å². The molecule has 0 saturated carbocycles. The maximum absolute atomic E-state index is 10.9. The van der Waals surface area contributed by atoms with E-state index in [0.717, 1.165) is 0 Å². The Morgan fingerprint density at radius 2 is 1.90 bits per heavy atom. The number of aromatic amines is 2. The molecule has 0 fully saturated rings. The predicted octanol–water partition coefficient (Wildman–Crippen LogP) is -0.354. The van der Waals surface area contributed by atoms with Gasteiger partial charge in [0, 0.05) is 0 Å². The second-order valence-electron chi connectivity index (χ2n) is 1.83. The molecule has 0 atom stereocenters. The van der Waals surface area contributed by atoms with Crippen molar-refractivity contribution in [3.8, 4) is 0 Å². The van der Waals surface area contributed by atoms with Crippen LogP contribution in [0.15, 0.2) is 17.4 Å². The fourth-order valence-corrected chi connectivity index (χ4v) is 0.776. The van der Waals surface area contributed by atoms with Gasteiger partial charge in [-0.2, -0.15) is 0 Å². The molecule has 2 aromatic heterocycles. The smallest absolute Gasteiger partial charge is 0.276 e. The summed E-state index contributed by atoms with van der Waals surface area (Å²) in [7, 11) is 0. The Morgan fingerprint density at radius 1 is 1.20 bits per heavy atom. The average Bonchev–Trinajstić information content (AvgIpc) is 2.36. The van der Waals surface area contributed by atoms with E-state index in [1.54, 1.807) is 0 Å². The Bertz CT molecular complexity index is 401. The predicted molar refractivity (Wildman–Crippen MR) is 34.5 cm³/mol. The lowest BCUT2D eigenvalue weighted by Gasteiger charge is -1.81. The van der Waals surface area contributed by atoms with Crippen molar-refractivity contribution in [1.29, 1.82) is 0 Å². The normalized spacial score (nSPS) is 10.4. The third-order valence-corrected chi connectivity index (χ3v) is 1.23. The molecule has 10 heavy (non-hydrogen) atoms. The van der Waals surface area contributed by atoms with Crippen molar-refractivity contribution in [3.63, 3.8) is 0 Å². The lowest BCUT2D eigenvalue weighted by molar-refractivity contribution is 1.15. The largest absolute Gasteiger partial charge is 0.339 e. The minimum absolute atomic E-state index is 0.192. The zero-order valence-corrected chi connectivity index (χ0v) is 4.96. The number of fused-ring (bicyclic) bond motifs is 1. The summed E-state index contributed by atoms with van der Waals surface area (Å²) in [6, 6.07) is 0. The summed E-state index contributed by atoms with van der Waals surface area (Å²) in [6.45, 7) is 0. The molecule has 2 aromatic rings. The van der Waals surface area contributed by atoms with Crippen molar-refractivity contribution in [2.45, 2.75) is 0 Å². The van der Waals surface area contributed by atoms with Crippen LogP contribution in [0.25, 0.3) is 11.2 Å². The van der Waals surface area contributed by atoms with Crippen LogP contribution >= 0.6 is 0 Å². The van der Waals surface area contributed by atoms with Crippen LogP contribution in [0.4, 0.5) is 0 Å². The van der Waals surface area contributed by atoms with Gasteiger partial charge >= 0.3 is 0 Å². The highest BCUT2D eigenvalue weighted by molar-refractivity contribution is 5.67. The Morgan fingerprint density at radius 3 is 2.60 bits per heavy atom. The van der Waals surface area contributed by atoms with Crippen molar-refractivity contribution in [1.82, 2.24) is 19.9 Å². The van der Waals surface area contributed by atoms with Gasteiger partial charge in [-0.25, -0.2) is 9.97 Å².